The molecule has 0 bridgehead atoms. The van der Waals surface area contributed by atoms with Gasteiger partial charge in [0.1, 0.15) is 18.3 Å². The quantitative estimate of drug-likeness (QED) is 0.755. The van der Waals surface area contributed by atoms with Crippen molar-refractivity contribution >= 4 is 11.6 Å². The van der Waals surface area contributed by atoms with E-state index in [-0.39, 0.29) is 0 Å². The third kappa shape index (κ3) is 4.55. The van der Waals surface area contributed by atoms with E-state index in [4.69, 9.17) is 11.6 Å². The van der Waals surface area contributed by atoms with Gasteiger partial charge in [-0.15, -0.1) is 0 Å². The first-order valence-corrected chi connectivity index (χ1v) is 7.83. The fraction of sp³-hybridized carbons (Fsp3) is 0.500. The molecule has 0 saturated carbocycles. The highest BCUT2D eigenvalue weighted by molar-refractivity contribution is 6.30. The number of hydrogen-bond acceptors (Lipinski definition) is 3. The summed E-state index contributed by atoms with van der Waals surface area (Å²) in [5.41, 5.74) is -0.131. The Hall–Kier alpha value is -1.39. The lowest BCUT2D eigenvalue weighted by Crippen LogP contribution is -2.31. The van der Waals surface area contributed by atoms with Gasteiger partial charge < -0.3 is 5.11 Å². The van der Waals surface area contributed by atoms with Gasteiger partial charge in [-0.2, -0.15) is 5.10 Å². The maximum Gasteiger partial charge on any atom is 0.137 e. The number of benzene rings is 1. The van der Waals surface area contributed by atoms with Gasteiger partial charge in [0.15, 0.2) is 0 Å². The maximum absolute atomic E-state index is 11.1. The minimum Gasteiger partial charge on any atom is -0.383 e. The molecule has 1 heterocycles. The zero-order valence-corrected chi connectivity index (χ0v) is 13.1. The second-order valence-corrected chi connectivity index (χ2v) is 5.88. The molecular formula is C16H22ClN3O. The topological polar surface area (TPSA) is 50.9 Å². The van der Waals surface area contributed by atoms with Gasteiger partial charge in [-0.05, 0) is 24.1 Å². The van der Waals surface area contributed by atoms with Crippen LogP contribution in [0.1, 0.15) is 44.6 Å². The van der Waals surface area contributed by atoms with Gasteiger partial charge >= 0.3 is 0 Å². The van der Waals surface area contributed by atoms with Crippen LogP contribution in [0.3, 0.4) is 0 Å². The van der Waals surface area contributed by atoms with E-state index in [0.717, 1.165) is 18.4 Å². The molecule has 0 fully saturated rings. The lowest BCUT2D eigenvalue weighted by atomic mass is 9.88. The van der Waals surface area contributed by atoms with Crippen molar-refractivity contribution in [2.24, 2.45) is 0 Å². The fourth-order valence-corrected chi connectivity index (χ4v) is 2.71. The summed E-state index contributed by atoms with van der Waals surface area (Å²) in [7, 11) is 0. The molecule has 1 aromatic heterocycles. The molecule has 1 unspecified atom stereocenters. The van der Waals surface area contributed by atoms with Crippen LogP contribution >= 0.6 is 11.6 Å². The molecule has 1 atom stereocenters. The first kappa shape index (κ1) is 16.0. The lowest BCUT2D eigenvalue weighted by Gasteiger charge is -2.29. The Bertz CT molecular complexity index is 544. The second kappa shape index (κ2) is 7.57. The van der Waals surface area contributed by atoms with E-state index in [2.05, 4.69) is 17.0 Å². The molecule has 21 heavy (non-hydrogen) atoms. The molecule has 2 aromatic rings. The third-order valence-corrected chi connectivity index (χ3v) is 3.93. The van der Waals surface area contributed by atoms with Gasteiger partial charge in [0.05, 0.1) is 6.54 Å². The molecule has 1 aromatic carbocycles. The van der Waals surface area contributed by atoms with Gasteiger partial charge in [0.25, 0.3) is 0 Å². The van der Waals surface area contributed by atoms with Crippen LogP contribution < -0.4 is 0 Å². The summed E-state index contributed by atoms with van der Waals surface area (Å²) in [6, 6.07) is 7.44. The highest BCUT2D eigenvalue weighted by Crippen LogP contribution is 2.31. The highest BCUT2D eigenvalue weighted by Gasteiger charge is 2.30. The Morgan fingerprint density at radius 3 is 2.81 bits per heavy atom. The number of aliphatic hydroxyl groups is 1. The van der Waals surface area contributed by atoms with E-state index in [9.17, 15) is 5.11 Å². The molecule has 0 spiro atoms. The number of nitrogens with zero attached hydrogens (tertiary/aromatic N) is 3. The van der Waals surface area contributed by atoms with Gasteiger partial charge in [0.2, 0.25) is 0 Å². The third-order valence-electron chi connectivity index (χ3n) is 3.70. The van der Waals surface area contributed by atoms with Crippen LogP contribution in [0.5, 0.6) is 0 Å². The first-order chi connectivity index (χ1) is 10.1. The van der Waals surface area contributed by atoms with Crippen molar-refractivity contribution in [1.82, 2.24) is 14.8 Å². The number of hydrogen-bond donors (Lipinski definition) is 1. The van der Waals surface area contributed by atoms with Crippen LogP contribution in [0.4, 0.5) is 0 Å². The molecule has 0 aliphatic carbocycles. The van der Waals surface area contributed by atoms with Crippen LogP contribution in [0.15, 0.2) is 36.9 Å². The molecule has 114 valence electrons. The van der Waals surface area contributed by atoms with E-state index >= 15 is 0 Å². The van der Waals surface area contributed by atoms with E-state index in [1.807, 2.05) is 24.3 Å². The summed E-state index contributed by atoms with van der Waals surface area (Å²) >= 11 is 6.07. The number of halogens is 1. The Labute approximate surface area is 130 Å². The van der Waals surface area contributed by atoms with Crippen molar-refractivity contribution in [2.75, 3.05) is 0 Å². The molecule has 2 rings (SSSR count). The number of rotatable bonds is 8. The van der Waals surface area contributed by atoms with Crippen molar-refractivity contribution in [3.8, 4) is 0 Å². The van der Waals surface area contributed by atoms with E-state index in [1.54, 1.807) is 11.0 Å². The number of aromatic nitrogens is 3. The molecule has 5 heteroatoms. The van der Waals surface area contributed by atoms with Crippen molar-refractivity contribution in [1.29, 1.82) is 0 Å². The van der Waals surface area contributed by atoms with Crippen LogP contribution in [0, 0.1) is 0 Å². The monoisotopic (exact) mass is 307 g/mol. The van der Waals surface area contributed by atoms with Gasteiger partial charge in [-0.3, -0.25) is 0 Å². The second-order valence-electron chi connectivity index (χ2n) is 5.45. The van der Waals surface area contributed by atoms with Gasteiger partial charge in [-0.25, -0.2) is 9.67 Å². The smallest absolute Gasteiger partial charge is 0.137 e. The highest BCUT2D eigenvalue weighted by atomic mass is 35.5. The summed E-state index contributed by atoms with van der Waals surface area (Å²) in [5, 5.41) is 15.9. The number of unbranched alkanes of at least 4 members (excludes halogenated alkanes) is 3. The predicted molar refractivity (Wildman–Crippen MR) is 84.1 cm³/mol. The summed E-state index contributed by atoms with van der Waals surface area (Å²) in [5.74, 6) is 0. The Morgan fingerprint density at radius 2 is 2.14 bits per heavy atom. The minimum absolute atomic E-state index is 0.388. The zero-order chi connectivity index (χ0) is 15.1. The van der Waals surface area contributed by atoms with Crippen molar-refractivity contribution in [3.05, 3.63) is 47.5 Å². The Balaban J connectivity index is 2.16. The molecule has 0 saturated heterocycles. The normalized spacial score (nSPS) is 14.0. The van der Waals surface area contributed by atoms with E-state index < -0.39 is 5.60 Å². The van der Waals surface area contributed by atoms with Crippen molar-refractivity contribution in [3.63, 3.8) is 0 Å². The summed E-state index contributed by atoms with van der Waals surface area (Å²) in [6.45, 7) is 2.57. The van der Waals surface area contributed by atoms with E-state index in [0.29, 0.717) is 18.0 Å². The first-order valence-electron chi connectivity index (χ1n) is 7.45. The molecule has 0 aliphatic rings. The summed E-state index contributed by atoms with van der Waals surface area (Å²) < 4.78 is 1.67. The van der Waals surface area contributed by atoms with Crippen molar-refractivity contribution < 1.29 is 5.11 Å². The van der Waals surface area contributed by atoms with Crippen LogP contribution in [-0.4, -0.2) is 19.9 Å². The molecule has 0 amide bonds. The van der Waals surface area contributed by atoms with Crippen molar-refractivity contribution in [2.45, 2.75) is 51.2 Å². The van der Waals surface area contributed by atoms with Crippen LogP contribution in [0.25, 0.3) is 0 Å². The Kier molecular flexibility index (Phi) is 5.76. The zero-order valence-electron chi connectivity index (χ0n) is 12.4. The van der Waals surface area contributed by atoms with Crippen LogP contribution in [0.2, 0.25) is 5.02 Å². The predicted octanol–water partition coefficient (Wildman–Crippen LogP) is 3.79. The SMILES string of the molecule is CCCCCCC(O)(Cn1cncn1)c1cccc(Cl)c1. The van der Waals surface area contributed by atoms with Crippen LogP contribution in [-0.2, 0) is 12.1 Å². The minimum atomic E-state index is -0.966. The largest absolute Gasteiger partial charge is 0.383 e. The lowest BCUT2D eigenvalue weighted by molar-refractivity contribution is 0.00379. The van der Waals surface area contributed by atoms with E-state index in [1.165, 1.54) is 19.2 Å². The molecule has 4 nitrogen and oxygen atoms in total. The summed E-state index contributed by atoms with van der Waals surface area (Å²) in [4.78, 5) is 3.94. The summed E-state index contributed by atoms with van der Waals surface area (Å²) in [6.07, 6.45) is 8.26. The Morgan fingerprint density at radius 1 is 1.29 bits per heavy atom. The molecule has 0 radical (unpaired) electrons. The molecule has 0 aliphatic heterocycles. The van der Waals surface area contributed by atoms with Gasteiger partial charge in [0, 0.05) is 5.02 Å². The standard InChI is InChI=1S/C16H22ClN3O/c1-2-3-4-5-9-16(21,11-20-13-18-12-19-20)14-7-6-8-15(17)10-14/h6-8,10,12-13,21H,2-5,9,11H2,1H3. The molecular weight excluding hydrogens is 286 g/mol. The maximum atomic E-state index is 11.1. The van der Waals surface area contributed by atoms with Gasteiger partial charge in [-0.1, -0.05) is 56.3 Å². The molecule has 1 N–H and O–H groups in total. The average Bonchev–Trinajstić information content (AvgIpc) is 2.96. The average molecular weight is 308 g/mol. The fourth-order valence-electron chi connectivity index (χ4n) is 2.52.